The number of nitrogens with two attached hydrogens (primary N) is 1. The number of aromatic nitrogens is 2. The maximum atomic E-state index is 5.81. The molecular weight excluding hydrogens is 216 g/mol. The van der Waals surface area contributed by atoms with Gasteiger partial charge in [0.15, 0.2) is 11.0 Å². The lowest BCUT2D eigenvalue weighted by atomic mass is 10.1. The van der Waals surface area contributed by atoms with Crippen LogP contribution in [-0.2, 0) is 0 Å². The molecule has 1 aliphatic carbocycles. The first kappa shape index (κ1) is 10.4. The van der Waals surface area contributed by atoms with Crippen molar-refractivity contribution < 1.29 is 4.63 Å². The van der Waals surface area contributed by atoms with E-state index in [1.165, 1.54) is 19.3 Å². The van der Waals surface area contributed by atoms with Gasteiger partial charge in [0, 0.05) is 6.04 Å². The van der Waals surface area contributed by atoms with E-state index in [1.807, 2.05) is 12.1 Å². The van der Waals surface area contributed by atoms with E-state index < -0.39 is 0 Å². The molecule has 5 heteroatoms. The lowest BCUT2D eigenvalue weighted by Crippen LogP contribution is -2.15. The molecular formula is C12H16N4O. The van der Waals surface area contributed by atoms with Gasteiger partial charge in [0.1, 0.15) is 0 Å². The first-order chi connectivity index (χ1) is 8.24. The summed E-state index contributed by atoms with van der Waals surface area (Å²) in [6, 6.07) is 4.31. The predicted octanol–water partition coefficient (Wildman–Crippen LogP) is 2.41. The van der Waals surface area contributed by atoms with Crippen LogP contribution in [0.3, 0.4) is 0 Å². The standard InChI is InChI=1S/C12H16N4O/c1-7-2-3-8(6-7)14-10-5-4-9(13)11-12(10)16-17-15-11/h4-5,7-8,14H,2-3,6,13H2,1H3. The number of hydrogen-bond donors (Lipinski definition) is 2. The van der Waals surface area contributed by atoms with Crippen LogP contribution in [0.5, 0.6) is 0 Å². The maximum Gasteiger partial charge on any atom is 0.160 e. The Kier molecular flexibility index (Phi) is 2.39. The molecule has 2 unspecified atom stereocenters. The van der Waals surface area contributed by atoms with Crippen LogP contribution < -0.4 is 11.1 Å². The van der Waals surface area contributed by atoms with Crippen LogP contribution in [0, 0.1) is 5.92 Å². The number of nitrogen functional groups attached to an aromatic ring is 1. The van der Waals surface area contributed by atoms with Gasteiger partial charge < -0.3 is 11.1 Å². The van der Waals surface area contributed by atoms with Crippen LogP contribution in [0.15, 0.2) is 16.8 Å². The molecule has 0 bridgehead atoms. The largest absolute Gasteiger partial charge is 0.397 e. The molecule has 3 rings (SSSR count). The third-order valence-corrected chi connectivity index (χ3v) is 3.50. The molecule has 3 N–H and O–H groups in total. The van der Waals surface area contributed by atoms with Crippen LogP contribution in [0.2, 0.25) is 0 Å². The second-order valence-corrected chi connectivity index (χ2v) is 4.92. The van der Waals surface area contributed by atoms with Gasteiger partial charge in [-0.05, 0) is 47.6 Å². The lowest BCUT2D eigenvalue weighted by molar-refractivity contribution is 0.315. The van der Waals surface area contributed by atoms with Crippen molar-refractivity contribution in [3.8, 4) is 0 Å². The second-order valence-electron chi connectivity index (χ2n) is 4.92. The minimum Gasteiger partial charge on any atom is -0.397 e. The molecule has 5 nitrogen and oxygen atoms in total. The van der Waals surface area contributed by atoms with Gasteiger partial charge in [0.05, 0.1) is 11.4 Å². The number of nitrogens with zero attached hydrogens (tertiary/aromatic N) is 2. The summed E-state index contributed by atoms with van der Waals surface area (Å²) in [5.41, 5.74) is 8.75. The molecule has 1 heterocycles. The highest BCUT2D eigenvalue weighted by Gasteiger charge is 2.22. The van der Waals surface area contributed by atoms with Gasteiger partial charge >= 0.3 is 0 Å². The van der Waals surface area contributed by atoms with Gasteiger partial charge in [-0.15, -0.1) is 0 Å². The van der Waals surface area contributed by atoms with Crippen LogP contribution in [0.25, 0.3) is 11.0 Å². The van der Waals surface area contributed by atoms with Gasteiger partial charge in [-0.3, -0.25) is 0 Å². The van der Waals surface area contributed by atoms with Crippen LogP contribution in [-0.4, -0.2) is 16.4 Å². The number of benzene rings is 1. The van der Waals surface area contributed by atoms with Crippen LogP contribution in [0.4, 0.5) is 11.4 Å². The molecule has 17 heavy (non-hydrogen) atoms. The lowest BCUT2D eigenvalue weighted by Gasteiger charge is -2.14. The third kappa shape index (κ3) is 1.81. The number of fused-ring (bicyclic) bond motifs is 1. The zero-order chi connectivity index (χ0) is 11.8. The highest BCUT2D eigenvalue weighted by molar-refractivity contribution is 5.95. The van der Waals surface area contributed by atoms with Crippen molar-refractivity contribution in [3.05, 3.63) is 12.1 Å². The number of rotatable bonds is 2. The number of anilines is 2. The summed E-state index contributed by atoms with van der Waals surface area (Å²) >= 11 is 0. The quantitative estimate of drug-likeness (QED) is 0.777. The van der Waals surface area contributed by atoms with Gasteiger partial charge in [0.25, 0.3) is 0 Å². The van der Waals surface area contributed by atoms with Crippen molar-refractivity contribution >= 4 is 22.4 Å². The highest BCUT2D eigenvalue weighted by atomic mass is 16.6. The Labute approximate surface area is 99.3 Å². The van der Waals surface area contributed by atoms with Gasteiger partial charge in [0.2, 0.25) is 0 Å². The Morgan fingerprint density at radius 3 is 2.88 bits per heavy atom. The Morgan fingerprint density at radius 2 is 2.12 bits per heavy atom. The summed E-state index contributed by atoms with van der Waals surface area (Å²) in [7, 11) is 0. The summed E-state index contributed by atoms with van der Waals surface area (Å²) in [6.45, 7) is 2.29. The molecule has 0 spiro atoms. The molecule has 90 valence electrons. The first-order valence-corrected chi connectivity index (χ1v) is 6.01. The summed E-state index contributed by atoms with van der Waals surface area (Å²) in [5, 5.41) is 11.2. The minimum absolute atomic E-state index is 0.522. The van der Waals surface area contributed by atoms with Crippen molar-refractivity contribution in [2.24, 2.45) is 5.92 Å². The average Bonchev–Trinajstić information content (AvgIpc) is 2.92. The molecule has 0 radical (unpaired) electrons. The highest BCUT2D eigenvalue weighted by Crippen LogP contribution is 2.31. The van der Waals surface area contributed by atoms with E-state index in [1.54, 1.807) is 0 Å². The summed E-state index contributed by atoms with van der Waals surface area (Å²) in [5.74, 6) is 0.798. The van der Waals surface area contributed by atoms with Crippen molar-refractivity contribution in [1.29, 1.82) is 0 Å². The number of nitrogens with one attached hydrogen (secondary N) is 1. The van der Waals surface area contributed by atoms with E-state index in [2.05, 4.69) is 22.6 Å². The minimum atomic E-state index is 0.522. The second kappa shape index (κ2) is 3.91. The molecule has 1 saturated carbocycles. The van der Waals surface area contributed by atoms with Gasteiger partial charge in [-0.25, -0.2) is 4.63 Å². The fraction of sp³-hybridized carbons (Fsp3) is 0.500. The third-order valence-electron chi connectivity index (χ3n) is 3.50. The number of hydrogen-bond acceptors (Lipinski definition) is 5. The fourth-order valence-corrected chi connectivity index (χ4v) is 2.56. The molecule has 0 amide bonds. The van der Waals surface area contributed by atoms with E-state index >= 15 is 0 Å². The molecule has 2 atom stereocenters. The Bertz CT molecular complexity index is 536. The predicted molar refractivity (Wildman–Crippen MR) is 66.6 cm³/mol. The average molecular weight is 232 g/mol. The Hall–Kier alpha value is -1.78. The van der Waals surface area contributed by atoms with Crippen LogP contribution in [0.1, 0.15) is 26.2 Å². The first-order valence-electron chi connectivity index (χ1n) is 6.01. The maximum absolute atomic E-state index is 5.81. The zero-order valence-corrected chi connectivity index (χ0v) is 9.81. The van der Waals surface area contributed by atoms with Crippen LogP contribution >= 0.6 is 0 Å². The SMILES string of the molecule is CC1CCC(Nc2ccc(N)c3nonc23)C1. The smallest absolute Gasteiger partial charge is 0.160 e. The normalized spacial score (nSPS) is 24.3. The summed E-state index contributed by atoms with van der Waals surface area (Å²) < 4.78 is 4.75. The van der Waals surface area contributed by atoms with E-state index in [4.69, 9.17) is 10.4 Å². The summed E-state index contributed by atoms with van der Waals surface area (Å²) in [4.78, 5) is 0. The van der Waals surface area contributed by atoms with Crippen molar-refractivity contribution in [3.63, 3.8) is 0 Å². The molecule has 1 aromatic carbocycles. The van der Waals surface area contributed by atoms with E-state index in [0.29, 0.717) is 17.2 Å². The Morgan fingerprint density at radius 1 is 1.29 bits per heavy atom. The van der Waals surface area contributed by atoms with E-state index in [9.17, 15) is 0 Å². The molecule has 1 fully saturated rings. The van der Waals surface area contributed by atoms with E-state index in [0.717, 1.165) is 17.1 Å². The summed E-state index contributed by atoms with van der Waals surface area (Å²) in [6.07, 6.45) is 3.70. The van der Waals surface area contributed by atoms with Gasteiger partial charge in [-0.1, -0.05) is 6.92 Å². The Balaban J connectivity index is 1.90. The topological polar surface area (TPSA) is 77.0 Å². The van der Waals surface area contributed by atoms with Crippen molar-refractivity contribution in [2.45, 2.75) is 32.2 Å². The monoisotopic (exact) mass is 232 g/mol. The van der Waals surface area contributed by atoms with E-state index in [-0.39, 0.29) is 0 Å². The van der Waals surface area contributed by atoms with Crippen molar-refractivity contribution in [1.82, 2.24) is 10.3 Å². The zero-order valence-electron chi connectivity index (χ0n) is 9.81. The fourth-order valence-electron chi connectivity index (χ4n) is 2.56. The molecule has 2 aromatic rings. The molecule has 1 aliphatic rings. The molecule has 1 aromatic heterocycles. The van der Waals surface area contributed by atoms with Gasteiger partial charge in [-0.2, -0.15) is 0 Å². The molecule has 0 saturated heterocycles. The molecule has 0 aliphatic heterocycles. The van der Waals surface area contributed by atoms with Crippen molar-refractivity contribution in [2.75, 3.05) is 11.1 Å².